The molecule has 0 spiro atoms. The van der Waals surface area contributed by atoms with Crippen LogP contribution in [0, 0.1) is 13.0 Å². The van der Waals surface area contributed by atoms with Crippen LogP contribution in [0.25, 0.3) is 0 Å². The summed E-state index contributed by atoms with van der Waals surface area (Å²) in [6.07, 6.45) is 2.67. The zero-order chi connectivity index (χ0) is 5.98. The summed E-state index contributed by atoms with van der Waals surface area (Å²) in [4.78, 5) is 2.15. The Labute approximate surface area is 83.1 Å². The summed E-state index contributed by atoms with van der Waals surface area (Å²) in [6.45, 7) is 4.70. The smallest absolute Gasteiger partial charge is 0 e. The maximum Gasteiger partial charge on any atom is 0 e. The van der Waals surface area contributed by atoms with E-state index in [0.29, 0.717) is 0 Å². The number of hydrogen-bond donors (Lipinski definition) is 0. The van der Waals surface area contributed by atoms with Gasteiger partial charge in [0.1, 0.15) is 0 Å². The summed E-state index contributed by atoms with van der Waals surface area (Å²) >= 11 is 0. The SMILES string of the molecule is [CH2-]N1CCC(C)CC1.[Y]. The Morgan fingerprint density at radius 3 is 2.11 bits per heavy atom. The van der Waals surface area contributed by atoms with Gasteiger partial charge in [-0.2, -0.15) is 0 Å². The number of piperidine rings is 1. The van der Waals surface area contributed by atoms with Crippen molar-refractivity contribution in [1.82, 2.24) is 4.90 Å². The van der Waals surface area contributed by atoms with Crippen molar-refractivity contribution in [3.05, 3.63) is 7.05 Å². The Hall–Kier alpha value is 1.06. The van der Waals surface area contributed by atoms with Gasteiger partial charge in [-0.05, 0) is 31.8 Å². The summed E-state index contributed by atoms with van der Waals surface area (Å²) in [5.41, 5.74) is 0. The maximum atomic E-state index is 3.87. The quantitative estimate of drug-likeness (QED) is 0.537. The average Bonchev–Trinajstić information content (AvgIpc) is 1.77. The van der Waals surface area contributed by atoms with Gasteiger partial charge in [0, 0.05) is 32.7 Å². The third kappa shape index (κ3) is 3.69. The Kier molecular flexibility index (Phi) is 5.38. The number of nitrogens with zero attached hydrogens (tertiary/aromatic N) is 1. The van der Waals surface area contributed by atoms with Crippen LogP contribution in [0.15, 0.2) is 0 Å². The van der Waals surface area contributed by atoms with Gasteiger partial charge in [0.2, 0.25) is 0 Å². The number of hydrogen-bond acceptors (Lipinski definition) is 1. The van der Waals surface area contributed by atoms with Crippen molar-refractivity contribution in [3.63, 3.8) is 0 Å². The first-order valence-electron chi connectivity index (χ1n) is 3.34. The van der Waals surface area contributed by atoms with E-state index >= 15 is 0 Å². The van der Waals surface area contributed by atoms with E-state index in [1.807, 2.05) is 0 Å². The molecule has 2 heteroatoms. The van der Waals surface area contributed by atoms with E-state index in [4.69, 9.17) is 0 Å². The molecule has 0 amide bonds. The molecular weight excluding hydrogens is 187 g/mol. The van der Waals surface area contributed by atoms with Crippen LogP contribution in [0.3, 0.4) is 0 Å². The average molecular weight is 201 g/mol. The Balaban J connectivity index is 0.000000640. The molecule has 0 atom stereocenters. The van der Waals surface area contributed by atoms with Crippen LogP contribution in [-0.2, 0) is 32.7 Å². The van der Waals surface area contributed by atoms with Crippen molar-refractivity contribution in [2.75, 3.05) is 13.1 Å². The van der Waals surface area contributed by atoms with Crippen LogP contribution in [0.4, 0.5) is 0 Å². The van der Waals surface area contributed by atoms with Gasteiger partial charge >= 0.3 is 0 Å². The maximum absolute atomic E-state index is 3.87. The molecule has 1 heterocycles. The van der Waals surface area contributed by atoms with Crippen molar-refractivity contribution >= 4 is 0 Å². The molecule has 0 N–H and O–H groups in total. The fraction of sp³-hybridized carbons (Fsp3) is 0.857. The largest absolute Gasteiger partial charge is 0.459 e. The predicted molar refractivity (Wildman–Crippen MR) is 35.3 cm³/mol. The van der Waals surface area contributed by atoms with Gasteiger partial charge < -0.3 is 4.90 Å². The summed E-state index contributed by atoms with van der Waals surface area (Å²) in [7, 11) is 3.87. The van der Waals surface area contributed by atoms with Crippen molar-refractivity contribution in [2.24, 2.45) is 5.92 Å². The van der Waals surface area contributed by atoms with Gasteiger partial charge in [-0.3, -0.25) is 7.05 Å². The second kappa shape index (κ2) is 4.81. The standard InChI is InChI=1S/C7H14N.Y/c1-7-3-5-8(2)6-4-7;/h7H,2-6H2,1H3;/q-1;. The van der Waals surface area contributed by atoms with E-state index in [-0.39, 0.29) is 32.7 Å². The Bertz CT molecular complexity index is 57.3. The number of rotatable bonds is 0. The van der Waals surface area contributed by atoms with E-state index in [9.17, 15) is 0 Å². The molecule has 1 aliphatic heterocycles. The minimum atomic E-state index is 0. The zero-order valence-corrected chi connectivity index (χ0v) is 8.98. The van der Waals surface area contributed by atoms with Crippen molar-refractivity contribution in [1.29, 1.82) is 0 Å². The molecule has 0 aliphatic carbocycles. The summed E-state index contributed by atoms with van der Waals surface area (Å²) in [6, 6.07) is 0. The molecule has 0 aromatic carbocycles. The Morgan fingerprint density at radius 2 is 1.78 bits per heavy atom. The second-order valence-corrected chi connectivity index (χ2v) is 2.80. The minimum absolute atomic E-state index is 0. The monoisotopic (exact) mass is 201 g/mol. The van der Waals surface area contributed by atoms with Crippen LogP contribution < -0.4 is 0 Å². The molecular formula is C7H14NY-. The molecule has 1 saturated heterocycles. The topological polar surface area (TPSA) is 3.24 Å². The summed E-state index contributed by atoms with van der Waals surface area (Å²) in [5, 5.41) is 0. The van der Waals surface area contributed by atoms with Crippen LogP contribution in [0.5, 0.6) is 0 Å². The number of likely N-dealkylation sites (tertiary alicyclic amines) is 1. The molecule has 1 aliphatic rings. The van der Waals surface area contributed by atoms with E-state index in [1.54, 1.807) is 0 Å². The first kappa shape index (κ1) is 10.1. The van der Waals surface area contributed by atoms with Crippen molar-refractivity contribution < 1.29 is 32.7 Å². The fourth-order valence-corrected chi connectivity index (χ4v) is 1.06. The molecule has 0 unspecified atom stereocenters. The normalized spacial score (nSPS) is 23.3. The second-order valence-electron chi connectivity index (χ2n) is 2.80. The minimum Gasteiger partial charge on any atom is -0.459 e. The van der Waals surface area contributed by atoms with Gasteiger partial charge in [-0.15, -0.1) is 0 Å². The third-order valence-electron chi connectivity index (χ3n) is 1.88. The predicted octanol–water partition coefficient (Wildman–Crippen LogP) is 1.51. The molecule has 1 rings (SSSR count). The van der Waals surface area contributed by atoms with Crippen molar-refractivity contribution in [2.45, 2.75) is 19.8 Å². The van der Waals surface area contributed by atoms with Crippen LogP contribution in [0.2, 0.25) is 0 Å². The van der Waals surface area contributed by atoms with Gasteiger partial charge in [0.25, 0.3) is 0 Å². The first-order chi connectivity index (χ1) is 3.79. The molecule has 0 aromatic heterocycles. The summed E-state index contributed by atoms with van der Waals surface area (Å²) in [5.74, 6) is 0.938. The Morgan fingerprint density at radius 1 is 1.33 bits per heavy atom. The van der Waals surface area contributed by atoms with Crippen LogP contribution >= 0.6 is 0 Å². The van der Waals surface area contributed by atoms with E-state index in [2.05, 4.69) is 18.9 Å². The molecule has 0 aromatic rings. The van der Waals surface area contributed by atoms with Gasteiger partial charge in [-0.1, -0.05) is 6.92 Å². The van der Waals surface area contributed by atoms with Crippen LogP contribution in [0.1, 0.15) is 19.8 Å². The zero-order valence-electron chi connectivity index (χ0n) is 6.14. The van der Waals surface area contributed by atoms with Gasteiger partial charge in [0.05, 0.1) is 0 Å². The molecule has 1 radical (unpaired) electrons. The molecule has 51 valence electrons. The molecule has 0 bridgehead atoms. The van der Waals surface area contributed by atoms with E-state index < -0.39 is 0 Å². The molecule has 1 fully saturated rings. The summed E-state index contributed by atoms with van der Waals surface area (Å²) < 4.78 is 0. The van der Waals surface area contributed by atoms with E-state index in [0.717, 1.165) is 5.92 Å². The van der Waals surface area contributed by atoms with E-state index in [1.165, 1.54) is 25.9 Å². The molecule has 9 heavy (non-hydrogen) atoms. The van der Waals surface area contributed by atoms with Gasteiger partial charge in [-0.25, -0.2) is 0 Å². The third-order valence-corrected chi connectivity index (χ3v) is 1.88. The molecule has 0 saturated carbocycles. The van der Waals surface area contributed by atoms with Crippen LogP contribution in [-0.4, -0.2) is 18.0 Å². The fourth-order valence-electron chi connectivity index (χ4n) is 1.06. The molecule has 1 nitrogen and oxygen atoms in total. The first-order valence-corrected chi connectivity index (χ1v) is 3.34. The van der Waals surface area contributed by atoms with Crippen molar-refractivity contribution in [3.8, 4) is 0 Å². The van der Waals surface area contributed by atoms with Gasteiger partial charge in [0.15, 0.2) is 0 Å².